The summed E-state index contributed by atoms with van der Waals surface area (Å²) in [7, 11) is -0.607. The average molecular weight is 312 g/mol. The standard InChI is InChI=1S/C14H20N2O4S/c1-11-10-20-8-7-16(11)14(17)12-5-4-6-13(9-12)21(18,19)15(2)3/h4-6,9,11H,7-8,10H2,1-3H3. The Morgan fingerprint density at radius 3 is 2.71 bits per heavy atom. The monoisotopic (exact) mass is 312 g/mol. The minimum Gasteiger partial charge on any atom is -0.377 e. The highest BCUT2D eigenvalue weighted by molar-refractivity contribution is 7.89. The van der Waals surface area contributed by atoms with E-state index in [1.165, 1.54) is 26.2 Å². The highest BCUT2D eigenvalue weighted by Crippen LogP contribution is 2.18. The van der Waals surface area contributed by atoms with Crippen LogP contribution in [-0.4, -0.2) is 63.4 Å². The molecule has 0 radical (unpaired) electrons. The molecule has 0 spiro atoms. The van der Waals surface area contributed by atoms with E-state index in [4.69, 9.17) is 4.74 Å². The lowest BCUT2D eigenvalue weighted by molar-refractivity contribution is 0.00358. The first-order valence-corrected chi connectivity index (χ1v) is 8.19. The van der Waals surface area contributed by atoms with Crippen molar-refractivity contribution in [2.24, 2.45) is 0 Å². The number of benzene rings is 1. The van der Waals surface area contributed by atoms with E-state index in [9.17, 15) is 13.2 Å². The third kappa shape index (κ3) is 3.25. The summed E-state index contributed by atoms with van der Waals surface area (Å²) in [5, 5.41) is 0. The number of ether oxygens (including phenoxy) is 1. The summed E-state index contributed by atoms with van der Waals surface area (Å²) in [6.45, 7) is 3.44. The van der Waals surface area contributed by atoms with Gasteiger partial charge >= 0.3 is 0 Å². The second kappa shape index (κ2) is 6.13. The van der Waals surface area contributed by atoms with E-state index in [1.807, 2.05) is 6.92 Å². The Bertz CT molecular complexity index is 628. The van der Waals surface area contributed by atoms with Gasteiger partial charge in [0.05, 0.1) is 24.2 Å². The third-order valence-electron chi connectivity index (χ3n) is 3.49. The van der Waals surface area contributed by atoms with Gasteiger partial charge in [-0.05, 0) is 25.1 Å². The number of nitrogens with zero attached hydrogens (tertiary/aromatic N) is 2. The zero-order chi connectivity index (χ0) is 15.6. The van der Waals surface area contributed by atoms with E-state index >= 15 is 0 Å². The van der Waals surface area contributed by atoms with Gasteiger partial charge in [0.25, 0.3) is 5.91 Å². The van der Waals surface area contributed by atoms with Crippen LogP contribution in [0.1, 0.15) is 17.3 Å². The average Bonchev–Trinajstić information content (AvgIpc) is 2.47. The van der Waals surface area contributed by atoms with Crippen molar-refractivity contribution in [1.29, 1.82) is 0 Å². The molecule has 2 rings (SSSR count). The number of hydrogen-bond acceptors (Lipinski definition) is 4. The summed E-state index contributed by atoms with van der Waals surface area (Å²) in [4.78, 5) is 14.4. The van der Waals surface area contributed by atoms with Crippen molar-refractivity contribution in [2.75, 3.05) is 33.9 Å². The fraction of sp³-hybridized carbons (Fsp3) is 0.500. The zero-order valence-electron chi connectivity index (χ0n) is 12.4. The van der Waals surface area contributed by atoms with Gasteiger partial charge in [0, 0.05) is 26.2 Å². The Morgan fingerprint density at radius 2 is 2.10 bits per heavy atom. The predicted molar refractivity (Wildman–Crippen MR) is 78.6 cm³/mol. The highest BCUT2D eigenvalue weighted by atomic mass is 32.2. The second-order valence-electron chi connectivity index (χ2n) is 5.24. The highest BCUT2D eigenvalue weighted by Gasteiger charge is 2.26. The van der Waals surface area contributed by atoms with Crippen LogP contribution < -0.4 is 0 Å². The minimum atomic E-state index is -3.54. The van der Waals surface area contributed by atoms with Gasteiger partial charge in [0.2, 0.25) is 10.0 Å². The van der Waals surface area contributed by atoms with E-state index in [1.54, 1.807) is 17.0 Å². The molecule has 116 valence electrons. The molecule has 0 aromatic heterocycles. The molecule has 1 atom stereocenters. The number of morpholine rings is 1. The van der Waals surface area contributed by atoms with Crippen molar-refractivity contribution < 1.29 is 17.9 Å². The lowest BCUT2D eigenvalue weighted by atomic mass is 10.1. The Hall–Kier alpha value is -1.44. The quantitative estimate of drug-likeness (QED) is 0.828. The fourth-order valence-electron chi connectivity index (χ4n) is 2.20. The molecule has 21 heavy (non-hydrogen) atoms. The Morgan fingerprint density at radius 1 is 1.38 bits per heavy atom. The molecule has 1 heterocycles. The van der Waals surface area contributed by atoms with Crippen molar-refractivity contribution in [2.45, 2.75) is 17.9 Å². The van der Waals surface area contributed by atoms with Crippen LogP contribution in [0, 0.1) is 0 Å². The van der Waals surface area contributed by atoms with Gasteiger partial charge in [-0.3, -0.25) is 4.79 Å². The van der Waals surface area contributed by atoms with Crippen LogP contribution in [0.15, 0.2) is 29.2 Å². The van der Waals surface area contributed by atoms with Crippen LogP contribution in [0.5, 0.6) is 0 Å². The summed E-state index contributed by atoms with van der Waals surface area (Å²) in [6.07, 6.45) is 0. The predicted octanol–water partition coefficient (Wildman–Crippen LogP) is 0.798. The number of amides is 1. The maximum absolute atomic E-state index is 12.5. The first kappa shape index (κ1) is 15.9. The summed E-state index contributed by atoms with van der Waals surface area (Å²) in [5.74, 6) is -0.165. The zero-order valence-corrected chi connectivity index (χ0v) is 13.3. The molecular formula is C14H20N2O4S. The van der Waals surface area contributed by atoms with E-state index in [0.29, 0.717) is 25.3 Å². The number of sulfonamides is 1. The van der Waals surface area contributed by atoms with Crippen molar-refractivity contribution in [3.63, 3.8) is 0 Å². The van der Waals surface area contributed by atoms with Gasteiger partial charge in [-0.2, -0.15) is 0 Å². The molecule has 7 heteroatoms. The Kier molecular flexibility index (Phi) is 4.65. The molecule has 1 aliphatic heterocycles. The van der Waals surface area contributed by atoms with E-state index in [2.05, 4.69) is 0 Å². The van der Waals surface area contributed by atoms with Crippen LogP contribution in [-0.2, 0) is 14.8 Å². The number of carbonyl (C=O) groups excluding carboxylic acids is 1. The number of hydrogen-bond donors (Lipinski definition) is 0. The van der Waals surface area contributed by atoms with Crippen molar-refractivity contribution in [3.05, 3.63) is 29.8 Å². The van der Waals surface area contributed by atoms with Gasteiger partial charge in [-0.25, -0.2) is 12.7 Å². The van der Waals surface area contributed by atoms with Gasteiger partial charge in [0.15, 0.2) is 0 Å². The molecule has 1 saturated heterocycles. The molecular weight excluding hydrogens is 292 g/mol. The van der Waals surface area contributed by atoms with Gasteiger partial charge in [0.1, 0.15) is 0 Å². The lowest BCUT2D eigenvalue weighted by Crippen LogP contribution is -2.47. The minimum absolute atomic E-state index is 0.0136. The van der Waals surface area contributed by atoms with Crippen LogP contribution in [0.3, 0.4) is 0 Å². The molecule has 1 aliphatic rings. The molecule has 0 bridgehead atoms. The molecule has 1 aromatic rings. The first-order chi connectivity index (χ1) is 9.84. The topological polar surface area (TPSA) is 66.9 Å². The normalized spacial score (nSPS) is 19.8. The first-order valence-electron chi connectivity index (χ1n) is 6.75. The van der Waals surface area contributed by atoms with Crippen LogP contribution >= 0.6 is 0 Å². The smallest absolute Gasteiger partial charge is 0.254 e. The molecule has 0 saturated carbocycles. The summed E-state index contributed by atoms with van der Waals surface area (Å²) >= 11 is 0. The van der Waals surface area contributed by atoms with Crippen LogP contribution in [0.4, 0.5) is 0 Å². The maximum Gasteiger partial charge on any atom is 0.254 e. The SMILES string of the molecule is CC1COCCN1C(=O)c1cccc(S(=O)(=O)N(C)C)c1. The van der Waals surface area contributed by atoms with Crippen LogP contribution in [0.2, 0.25) is 0 Å². The van der Waals surface area contributed by atoms with Crippen molar-refractivity contribution in [1.82, 2.24) is 9.21 Å². The summed E-state index contributed by atoms with van der Waals surface area (Å²) < 4.78 is 30.7. The molecule has 1 aromatic carbocycles. The molecule has 6 nitrogen and oxygen atoms in total. The number of carbonyl (C=O) groups is 1. The molecule has 0 aliphatic carbocycles. The van der Waals surface area contributed by atoms with Gasteiger partial charge in [-0.15, -0.1) is 0 Å². The summed E-state index contributed by atoms with van der Waals surface area (Å²) in [6, 6.07) is 6.14. The maximum atomic E-state index is 12.5. The molecule has 1 unspecified atom stereocenters. The number of rotatable bonds is 3. The summed E-state index contributed by atoms with van der Waals surface area (Å²) in [5.41, 5.74) is 0.381. The van der Waals surface area contributed by atoms with E-state index in [-0.39, 0.29) is 16.8 Å². The van der Waals surface area contributed by atoms with Crippen LogP contribution in [0.25, 0.3) is 0 Å². The molecule has 1 fully saturated rings. The molecule has 0 N–H and O–H groups in total. The largest absolute Gasteiger partial charge is 0.377 e. The van der Waals surface area contributed by atoms with Gasteiger partial charge < -0.3 is 9.64 Å². The van der Waals surface area contributed by atoms with E-state index < -0.39 is 10.0 Å². The fourth-order valence-corrected chi connectivity index (χ4v) is 3.14. The third-order valence-corrected chi connectivity index (χ3v) is 5.30. The Balaban J connectivity index is 2.31. The second-order valence-corrected chi connectivity index (χ2v) is 7.39. The van der Waals surface area contributed by atoms with Crippen molar-refractivity contribution in [3.8, 4) is 0 Å². The lowest BCUT2D eigenvalue weighted by Gasteiger charge is -2.33. The Labute approximate surface area is 125 Å². The van der Waals surface area contributed by atoms with Crippen molar-refractivity contribution >= 4 is 15.9 Å². The molecule has 1 amide bonds. The van der Waals surface area contributed by atoms with E-state index in [0.717, 1.165) is 4.31 Å². The van der Waals surface area contributed by atoms with Gasteiger partial charge in [-0.1, -0.05) is 6.07 Å².